The zero-order valence-corrected chi connectivity index (χ0v) is 11.0. The lowest BCUT2D eigenvalue weighted by atomic mass is 10.1. The first kappa shape index (κ1) is 15.4. The summed E-state index contributed by atoms with van der Waals surface area (Å²) in [4.78, 5) is 11.4. The Kier molecular flexibility index (Phi) is 9.30. The van der Waals surface area contributed by atoms with Crippen LogP contribution < -0.4 is 5.73 Å². The van der Waals surface area contributed by atoms with Crippen LogP contribution in [0.1, 0.15) is 59.3 Å². The van der Waals surface area contributed by atoms with Crippen LogP contribution in [-0.4, -0.2) is 18.6 Å². The van der Waals surface area contributed by atoms with Crippen molar-refractivity contribution in [3.05, 3.63) is 0 Å². The third kappa shape index (κ3) is 7.69. The highest BCUT2D eigenvalue weighted by molar-refractivity contribution is 5.75. The minimum absolute atomic E-state index is 0.150. The van der Waals surface area contributed by atoms with Crippen molar-refractivity contribution in [1.29, 1.82) is 0 Å². The van der Waals surface area contributed by atoms with Gasteiger partial charge in [-0.2, -0.15) is 0 Å². The van der Waals surface area contributed by atoms with Crippen molar-refractivity contribution in [2.75, 3.05) is 6.61 Å². The summed E-state index contributed by atoms with van der Waals surface area (Å²) in [6.07, 6.45) is 7.19. The molecule has 3 heteroatoms. The number of carbonyl (C=O) groups is 1. The van der Waals surface area contributed by atoms with E-state index in [1.54, 1.807) is 0 Å². The monoisotopic (exact) mass is 229 g/mol. The summed E-state index contributed by atoms with van der Waals surface area (Å²) in [6, 6.07) is -0.472. The van der Waals surface area contributed by atoms with Crippen LogP contribution in [0.3, 0.4) is 0 Å². The summed E-state index contributed by atoms with van der Waals surface area (Å²) in [5.74, 6) is -0.111. The molecule has 0 aliphatic carbocycles. The van der Waals surface area contributed by atoms with Gasteiger partial charge in [0, 0.05) is 0 Å². The molecule has 0 aromatic carbocycles. The third-order valence-corrected chi connectivity index (χ3v) is 2.73. The van der Waals surface area contributed by atoms with E-state index in [0.29, 0.717) is 6.61 Å². The summed E-state index contributed by atoms with van der Waals surface area (Å²) < 4.78 is 5.11. The van der Waals surface area contributed by atoms with Gasteiger partial charge in [0.05, 0.1) is 6.61 Å². The summed E-state index contributed by atoms with van der Waals surface area (Å²) in [5.41, 5.74) is 5.67. The maximum absolute atomic E-state index is 11.4. The zero-order valence-electron chi connectivity index (χ0n) is 11.0. The fourth-order valence-electron chi connectivity index (χ4n) is 1.42. The minimum Gasteiger partial charge on any atom is -0.465 e. The van der Waals surface area contributed by atoms with Crippen molar-refractivity contribution in [3.63, 3.8) is 0 Å². The number of hydrogen-bond acceptors (Lipinski definition) is 3. The average molecular weight is 229 g/mol. The van der Waals surface area contributed by atoms with Crippen molar-refractivity contribution in [2.24, 2.45) is 11.7 Å². The lowest BCUT2D eigenvalue weighted by Gasteiger charge is -2.14. The van der Waals surface area contributed by atoms with Gasteiger partial charge in [0.1, 0.15) is 6.04 Å². The molecule has 2 N–H and O–H groups in total. The Morgan fingerprint density at radius 2 is 1.69 bits per heavy atom. The third-order valence-electron chi connectivity index (χ3n) is 2.73. The highest BCUT2D eigenvalue weighted by Gasteiger charge is 2.18. The van der Waals surface area contributed by atoms with E-state index in [1.165, 1.54) is 25.7 Å². The van der Waals surface area contributed by atoms with E-state index in [0.717, 1.165) is 12.8 Å². The summed E-state index contributed by atoms with van der Waals surface area (Å²) in [6.45, 7) is 6.58. The normalized spacial score (nSPS) is 12.8. The molecule has 0 aromatic rings. The van der Waals surface area contributed by atoms with Gasteiger partial charge in [-0.1, -0.05) is 52.9 Å². The number of unbranched alkanes of at least 4 members (excludes halogenated alkanes) is 5. The standard InChI is InChI=1S/C13H27NO2/c1-4-5-6-7-8-9-10-16-13(15)12(14)11(2)3/h11-12H,4-10,14H2,1-3H3. The second-order valence-electron chi connectivity index (χ2n) is 4.71. The van der Waals surface area contributed by atoms with E-state index in [2.05, 4.69) is 6.92 Å². The molecule has 0 aliphatic rings. The molecule has 0 fully saturated rings. The van der Waals surface area contributed by atoms with E-state index in [1.807, 2.05) is 13.8 Å². The fourth-order valence-corrected chi connectivity index (χ4v) is 1.42. The Labute approximate surface area is 99.7 Å². The second-order valence-corrected chi connectivity index (χ2v) is 4.71. The Hall–Kier alpha value is -0.570. The molecule has 0 bridgehead atoms. The summed E-state index contributed by atoms with van der Waals surface area (Å²) in [7, 11) is 0. The molecule has 1 atom stereocenters. The Balaban J connectivity index is 3.34. The van der Waals surface area contributed by atoms with Gasteiger partial charge < -0.3 is 10.5 Å². The van der Waals surface area contributed by atoms with Crippen LogP contribution in [0, 0.1) is 5.92 Å². The molecule has 0 aromatic heterocycles. The number of carbonyl (C=O) groups excluding carboxylic acids is 1. The maximum Gasteiger partial charge on any atom is 0.323 e. The summed E-state index contributed by atoms with van der Waals surface area (Å²) in [5, 5.41) is 0. The highest BCUT2D eigenvalue weighted by Crippen LogP contribution is 2.06. The van der Waals surface area contributed by atoms with Crippen molar-refractivity contribution >= 4 is 5.97 Å². The number of ether oxygens (including phenoxy) is 1. The minimum atomic E-state index is -0.472. The SMILES string of the molecule is CCCCCCCCOC(=O)C(N)C(C)C. The van der Waals surface area contributed by atoms with Gasteiger partial charge in [0.25, 0.3) is 0 Å². The smallest absolute Gasteiger partial charge is 0.323 e. The van der Waals surface area contributed by atoms with Crippen LogP contribution in [0.4, 0.5) is 0 Å². The quantitative estimate of drug-likeness (QED) is 0.488. The predicted molar refractivity (Wildman–Crippen MR) is 67.1 cm³/mol. The largest absolute Gasteiger partial charge is 0.465 e. The number of hydrogen-bond donors (Lipinski definition) is 1. The van der Waals surface area contributed by atoms with Gasteiger partial charge in [0.2, 0.25) is 0 Å². The number of nitrogens with two attached hydrogens (primary N) is 1. The Bertz CT molecular complexity index is 181. The van der Waals surface area contributed by atoms with Crippen LogP contribution in [0.5, 0.6) is 0 Å². The molecule has 0 heterocycles. The van der Waals surface area contributed by atoms with E-state index in [9.17, 15) is 4.79 Å². The average Bonchev–Trinajstić information content (AvgIpc) is 2.26. The molecule has 3 nitrogen and oxygen atoms in total. The molecule has 0 amide bonds. The number of esters is 1. The molecular formula is C13H27NO2. The van der Waals surface area contributed by atoms with Gasteiger partial charge in [-0.15, -0.1) is 0 Å². The van der Waals surface area contributed by atoms with E-state index >= 15 is 0 Å². The highest BCUT2D eigenvalue weighted by atomic mass is 16.5. The fraction of sp³-hybridized carbons (Fsp3) is 0.923. The molecule has 0 radical (unpaired) electrons. The topological polar surface area (TPSA) is 52.3 Å². The zero-order chi connectivity index (χ0) is 12.4. The van der Waals surface area contributed by atoms with Crippen LogP contribution in [0.2, 0.25) is 0 Å². The van der Waals surface area contributed by atoms with Gasteiger partial charge in [0.15, 0.2) is 0 Å². The van der Waals surface area contributed by atoms with Gasteiger partial charge >= 0.3 is 5.97 Å². The maximum atomic E-state index is 11.4. The second kappa shape index (κ2) is 9.64. The van der Waals surface area contributed by atoms with Crippen LogP contribution in [0.15, 0.2) is 0 Å². The summed E-state index contributed by atoms with van der Waals surface area (Å²) >= 11 is 0. The first-order chi connectivity index (χ1) is 7.59. The van der Waals surface area contributed by atoms with Crippen LogP contribution >= 0.6 is 0 Å². The Morgan fingerprint density at radius 1 is 1.12 bits per heavy atom. The van der Waals surface area contributed by atoms with E-state index < -0.39 is 6.04 Å². The van der Waals surface area contributed by atoms with Gasteiger partial charge in [-0.3, -0.25) is 4.79 Å². The van der Waals surface area contributed by atoms with Crippen molar-refractivity contribution in [1.82, 2.24) is 0 Å². The first-order valence-electron chi connectivity index (χ1n) is 6.51. The van der Waals surface area contributed by atoms with Crippen LogP contribution in [-0.2, 0) is 9.53 Å². The molecule has 0 saturated carbocycles. The Morgan fingerprint density at radius 3 is 2.25 bits per heavy atom. The van der Waals surface area contributed by atoms with E-state index in [4.69, 9.17) is 10.5 Å². The first-order valence-corrected chi connectivity index (χ1v) is 6.51. The van der Waals surface area contributed by atoms with Gasteiger partial charge in [-0.25, -0.2) is 0 Å². The lowest BCUT2D eigenvalue weighted by Crippen LogP contribution is -2.37. The molecular weight excluding hydrogens is 202 g/mol. The molecule has 0 saturated heterocycles. The lowest BCUT2D eigenvalue weighted by molar-refractivity contribution is -0.146. The molecule has 1 unspecified atom stereocenters. The van der Waals surface area contributed by atoms with Crippen molar-refractivity contribution < 1.29 is 9.53 Å². The van der Waals surface area contributed by atoms with Crippen molar-refractivity contribution in [2.45, 2.75) is 65.3 Å². The number of rotatable bonds is 9. The van der Waals surface area contributed by atoms with Crippen LogP contribution in [0.25, 0.3) is 0 Å². The molecule has 0 aliphatic heterocycles. The molecule has 0 spiro atoms. The van der Waals surface area contributed by atoms with Gasteiger partial charge in [-0.05, 0) is 12.3 Å². The molecule has 0 rings (SSSR count). The van der Waals surface area contributed by atoms with E-state index in [-0.39, 0.29) is 11.9 Å². The predicted octanol–water partition coefficient (Wildman–Crippen LogP) is 2.87. The van der Waals surface area contributed by atoms with Crippen molar-refractivity contribution in [3.8, 4) is 0 Å². The molecule has 16 heavy (non-hydrogen) atoms. The molecule has 96 valence electrons.